The van der Waals surface area contributed by atoms with Crippen LogP contribution in [0.3, 0.4) is 0 Å². The molecule has 5 nitrogen and oxygen atoms in total. The van der Waals surface area contributed by atoms with Crippen LogP contribution in [0.15, 0.2) is 18.2 Å². The van der Waals surface area contributed by atoms with Crippen LogP contribution in [-0.2, 0) is 0 Å². The molecular formula is C16H23N3O2. The van der Waals surface area contributed by atoms with E-state index in [2.05, 4.69) is 12.2 Å². The van der Waals surface area contributed by atoms with Gasteiger partial charge in [-0.15, -0.1) is 0 Å². The maximum Gasteiger partial charge on any atom is 0.321 e. The lowest BCUT2D eigenvalue weighted by molar-refractivity contribution is 0.0999. The van der Waals surface area contributed by atoms with Gasteiger partial charge in [-0.1, -0.05) is 6.92 Å². The zero-order chi connectivity index (χ0) is 15.4. The highest BCUT2D eigenvalue weighted by Gasteiger charge is 2.18. The molecule has 1 fully saturated rings. The number of anilines is 1. The summed E-state index contributed by atoms with van der Waals surface area (Å²) in [5, 5.41) is 2.90. The fraction of sp³-hybridized carbons (Fsp3) is 0.500. The van der Waals surface area contributed by atoms with Crippen LogP contribution in [0.1, 0.15) is 42.1 Å². The first-order chi connectivity index (χ1) is 9.97. The van der Waals surface area contributed by atoms with E-state index in [9.17, 15) is 9.59 Å². The van der Waals surface area contributed by atoms with Gasteiger partial charge < -0.3 is 16.0 Å². The molecule has 0 saturated carbocycles. The fourth-order valence-corrected chi connectivity index (χ4v) is 2.69. The molecule has 1 aromatic rings. The Hall–Kier alpha value is -2.04. The monoisotopic (exact) mass is 289 g/mol. The van der Waals surface area contributed by atoms with Gasteiger partial charge in [-0.05, 0) is 55.9 Å². The van der Waals surface area contributed by atoms with E-state index in [-0.39, 0.29) is 6.03 Å². The summed E-state index contributed by atoms with van der Waals surface area (Å²) < 4.78 is 0. The standard InChI is InChI=1S/C16H23N3O2/c1-11-4-3-8-19(9-7-11)16(21)18-13-5-6-14(15(17)20)12(2)10-13/h5-6,10-11H,3-4,7-9H2,1-2H3,(H2,17,20)(H,18,21). The minimum absolute atomic E-state index is 0.0738. The highest BCUT2D eigenvalue weighted by atomic mass is 16.2. The minimum Gasteiger partial charge on any atom is -0.366 e. The molecule has 0 aliphatic carbocycles. The van der Waals surface area contributed by atoms with E-state index in [0.29, 0.717) is 17.2 Å². The van der Waals surface area contributed by atoms with Crippen molar-refractivity contribution in [1.82, 2.24) is 4.90 Å². The number of benzene rings is 1. The Balaban J connectivity index is 2.02. The number of nitrogens with two attached hydrogens (primary N) is 1. The molecule has 0 radical (unpaired) electrons. The molecule has 1 saturated heterocycles. The number of amides is 3. The second-order valence-electron chi connectivity index (χ2n) is 5.85. The van der Waals surface area contributed by atoms with E-state index in [1.165, 1.54) is 6.42 Å². The third-order valence-electron chi connectivity index (χ3n) is 4.05. The van der Waals surface area contributed by atoms with Crippen LogP contribution in [0, 0.1) is 12.8 Å². The van der Waals surface area contributed by atoms with Crippen LogP contribution in [0.2, 0.25) is 0 Å². The van der Waals surface area contributed by atoms with Gasteiger partial charge in [-0.2, -0.15) is 0 Å². The normalized spacial score (nSPS) is 19.0. The molecule has 0 spiro atoms. The van der Waals surface area contributed by atoms with Crippen LogP contribution in [-0.4, -0.2) is 29.9 Å². The van der Waals surface area contributed by atoms with Gasteiger partial charge in [0.25, 0.3) is 0 Å². The molecule has 1 atom stereocenters. The smallest absolute Gasteiger partial charge is 0.321 e. The molecule has 5 heteroatoms. The van der Waals surface area contributed by atoms with Crippen molar-refractivity contribution in [3.8, 4) is 0 Å². The molecule has 1 aliphatic rings. The van der Waals surface area contributed by atoms with E-state index >= 15 is 0 Å². The van der Waals surface area contributed by atoms with Gasteiger partial charge in [0, 0.05) is 24.3 Å². The summed E-state index contributed by atoms with van der Waals surface area (Å²) in [5.41, 5.74) is 7.22. The number of primary amides is 1. The van der Waals surface area contributed by atoms with Crippen LogP contribution in [0.4, 0.5) is 10.5 Å². The summed E-state index contributed by atoms with van der Waals surface area (Å²) in [6.07, 6.45) is 3.28. The summed E-state index contributed by atoms with van der Waals surface area (Å²) in [6.45, 7) is 5.64. The number of carbonyl (C=O) groups is 2. The molecule has 1 heterocycles. The lowest BCUT2D eigenvalue weighted by atomic mass is 10.0. The van der Waals surface area contributed by atoms with Gasteiger partial charge in [-0.3, -0.25) is 4.79 Å². The number of carbonyl (C=O) groups excluding carboxylic acids is 2. The average molecular weight is 289 g/mol. The van der Waals surface area contributed by atoms with Crippen LogP contribution >= 0.6 is 0 Å². The van der Waals surface area contributed by atoms with Gasteiger partial charge in [0.2, 0.25) is 5.91 Å². The summed E-state index contributed by atoms with van der Waals surface area (Å²) in [7, 11) is 0. The second-order valence-corrected chi connectivity index (χ2v) is 5.85. The highest BCUT2D eigenvalue weighted by molar-refractivity contribution is 5.96. The quantitative estimate of drug-likeness (QED) is 0.878. The van der Waals surface area contributed by atoms with E-state index in [0.717, 1.165) is 31.5 Å². The first-order valence-electron chi connectivity index (χ1n) is 7.43. The van der Waals surface area contributed by atoms with Gasteiger partial charge in [0.15, 0.2) is 0 Å². The molecule has 0 aromatic heterocycles. The Bertz CT molecular complexity index is 542. The van der Waals surface area contributed by atoms with E-state index in [1.54, 1.807) is 18.2 Å². The molecule has 3 amide bonds. The van der Waals surface area contributed by atoms with E-state index in [1.807, 2.05) is 11.8 Å². The van der Waals surface area contributed by atoms with Crippen molar-refractivity contribution in [3.05, 3.63) is 29.3 Å². The molecule has 3 N–H and O–H groups in total. The minimum atomic E-state index is -0.452. The third-order valence-corrected chi connectivity index (χ3v) is 4.05. The molecular weight excluding hydrogens is 266 g/mol. The van der Waals surface area contributed by atoms with Crippen molar-refractivity contribution in [2.75, 3.05) is 18.4 Å². The number of hydrogen-bond acceptors (Lipinski definition) is 2. The Morgan fingerprint density at radius 1 is 1.29 bits per heavy atom. The topological polar surface area (TPSA) is 75.4 Å². The first kappa shape index (κ1) is 15.4. The SMILES string of the molecule is Cc1cc(NC(=O)N2CCCC(C)CC2)ccc1C(N)=O. The van der Waals surface area contributed by atoms with Crippen molar-refractivity contribution < 1.29 is 9.59 Å². The predicted molar refractivity (Wildman–Crippen MR) is 83.3 cm³/mol. The van der Waals surface area contributed by atoms with Gasteiger partial charge in [0.05, 0.1) is 0 Å². The van der Waals surface area contributed by atoms with E-state index < -0.39 is 5.91 Å². The zero-order valence-electron chi connectivity index (χ0n) is 12.7. The van der Waals surface area contributed by atoms with Crippen molar-refractivity contribution in [1.29, 1.82) is 0 Å². The van der Waals surface area contributed by atoms with Crippen molar-refractivity contribution in [2.24, 2.45) is 11.7 Å². The number of aryl methyl sites for hydroxylation is 1. The Labute approximate surface area is 125 Å². The van der Waals surface area contributed by atoms with Crippen LogP contribution in [0.5, 0.6) is 0 Å². The number of nitrogens with zero attached hydrogens (tertiary/aromatic N) is 1. The van der Waals surface area contributed by atoms with E-state index in [4.69, 9.17) is 5.73 Å². The van der Waals surface area contributed by atoms with Crippen molar-refractivity contribution in [3.63, 3.8) is 0 Å². The third kappa shape index (κ3) is 3.97. The van der Waals surface area contributed by atoms with Crippen molar-refractivity contribution in [2.45, 2.75) is 33.1 Å². The van der Waals surface area contributed by atoms with Crippen LogP contribution in [0.25, 0.3) is 0 Å². The zero-order valence-corrected chi connectivity index (χ0v) is 12.7. The molecule has 1 aliphatic heterocycles. The lowest BCUT2D eigenvalue weighted by Crippen LogP contribution is -2.35. The number of likely N-dealkylation sites (tertiary alicyclic amines) is 1. The molecule has 114 valence electrons. The maximum atomic E-state index is 12.3. The largest absolute Gasteiger partial charge is 0.366 e. The summed E-state index contributed by atoms with van der Waals surface area (Å²) in [4.78, 5) is 25.3. The summed E-state index contributed by atoms with van der Waals surface area (Å²) >= 11 is 0. The second kappa shape index (κ2) is 6.61. The van der Waals surface area contributed by atoms with Gasteiger partial charge in [-0.25, -0.2) is 4.79 Å². The molecule has 1 aromatic carbocycles. The Morgan fingerprint density at radius 3 is 2.71 bits per heavy atom. The molecule has 1 unspecified atom stereocenters. The Kier molecular flexibility index (Phi) is 4.83. The average Bonchev–Trinajstić information content (AvgIpc) is 2.63. The summed E-state index contributed by atoms with van der Waals surface area (Å²) in [5.74, 6) is 0.228. The lowest BCUT2D eigenvalue weighted by Gasteiger charge is -2.21. The van der Waals surface area contributed by atoms with Gasteiger partial charge in [0.1, 0.15) is 0 Å². The summed E-state index contributed by atoms with van der Waals surface area (Å²) in [6, 6.07) is 5.07. The molecule has 0 bridgehead atoms. The molecule has 21 heavy (non-hydrogen) atoms. The number of urea groups is 1. The molecule has 2 rings (SSSR count). The van der Waals surface area contributed by atoms with Crippen LogP contribution < -0.4 is 11.1 Å². The Morgan fingerprint density at radius 2 is 2.05 bits per heavy atom. The highest BCUT2D eigenvalue weighted by Crippen LogP contribution is 2.19. The number of hydrogen-bond donors (Lipinski definition) is 2. The maximum absolute atomic E-state index is 12.3. The number of nitrogens with one attached hydrogen (secondary N) is 1. The van der Waals surface area contributed by atoms with Crippen molar-refractivity contribution >= 4 is 17.6 Å². The first-order valence-corrected chi connectivity index (χ1v) is 7.43. The van der Waals surface area contributed by atoms with Gasteiger partial charge >= 0.3 is 6.03 Å². The predicted octanol–water partition coefficient (Wildman–Crippen LogP) is 2.75. The fourth-order valence-electron chi connectivity index (χ4n) is 2.69. The number of rotatable bonds is 2.